The summed E-state index contributed by atoms with van der Waals surface area (Å²) >= 11 is 3.36. The zero-order valence-corrected chi connectivity index (χ0v) is 12.6. The molecular formula is C15H12BrNO3. The monoisotopic (exact) mass is 333 g/mol. The quantitative estimate of drug-likeness (QED) is 0.844. The van der Waals surface area contributed by atoms with Gasteiger partial charge in [0.15, 0.2) is 0 Å². The molecule has 0 amide bonds. The topological polar surface area (TPSA) is 51.5 Å². The van der Waals surface area contributed by atoms with Gasteiger partial charge >= 0.3 is 0 Å². The molecule has 2 rings (SSSR count). The van der Waals surface area contributed by atoms with Crippen LogP contribution >= 0.6 is 15.9 Å². The van der Waals surface area contributed by atoms with E-state index in [9.17, 15) is 0 Å². The van der Waals surface area contributed by atoms with Crippen molar-refractivity contribution in [2.45, 2.75) is 0 Å². The van der Waals surface area contributed by atoms with Crippen LogP contribution in [-0.4, -0.2) is 14.2 Å². The number of methoxy groups -OCH3 is 2. The van der Waals surface area contributed by atoms with Crippen molar-refractivity contribution in [3.63, 3.8) is 0 Å². The molecule has 0 saturated carbocycles. The van der Waals surface area contributed by atoms with Crippen LogP contribution in [0.15, 0.2) is 40.9 Å². The predicted molar refractivity (Wildman–Crippen MR) is 78.5 cm³/mol. The van der Waals surface area contributed by atoms with Gasteiger partial charge in [0.25, 0.3) is 0 Å². The minimum absolute atomic E-state index is 0.454. The van der Waals surface area contributed by atoms with Crippen LogP contribution in [0.5, 0.6) is 23.0 Å². The van der Waals surface area contributed by atoms with E-state index in [0.29, 0.717) is 28.6 Å². The molecular weight excluding hydrogens is 322 g/mol. The van der Waals surface area contributed by atoms with Gasteiger partial charge in [0.1, 0.15) is 29.1 Å². The largest absolute Gasteiger partial charge is 0.496 e. The van der Waals surface area contributed by atoms with Crippen LogP contribution in [0.4, 0.5) is 0 Å². The average molecular weight is 334 g/mol. The summed E-state index contributed by atoms with van der Waals surface area (Å²) in [6.45, 7) is 0. The number of nitrogens with zero attached hydrogens (tertiary/aromatic N) is 1. The molecule has 0 saturated heterocycles. The first-order valence-corrected chi connectivity index (χ1v) is 6.56. The molecule has 0 spiro atoms. The molecule has 2 aromatic rings. The Bertz CT molecular complexity index is 642. The fraction of sp³-hybridized carbons (Fsp3) is 0.133. The van der Waals surface area contributed by atoms with Gasteiger partial charge in [-0.1, -0.05) is 15.9 Å². The lowest BCUT2D eigenvalue weighted by Crippen LogP contribution is -1.92. The Kier molecular flexibility index (Phi) is 4.49. The van der Waals surface area contributed by atoms with Crippen LogP contribution in [0.2, 0.25) is 0 Å². The zero-order chi connectivity index (χ0) is 14.5. The van der Waals surface area contributed by atoms with Crippen LogP contribution in [0.25, 0.3) is 0 Å². The van der Waals surface area contributed by atoms with Gasteiger partial charge in [-0.25, -0.2) is 0 Å². The van der Waals surface area contributed by atoms with E-state index in [-0.39, 0.29) is 0 Å². The predicted octanol–water partition coefficient (Wildman–Crippen LogP) is 4.13. The summed E-state index contributed by atoms with van der Waals surface area (Å²) < 4.78 is 17.0. The van der Waals surface area contributed by atoms with Crippen LogP contribution in [0.3, 0.4) is 0 Å². The molecule has 0 aliphatic carbocycles. The summed E-state index contributed by atoms with van der Waals surface area (Å²) in [7, 11) is 3.14. The minimum atomic E-state index is 0.454. The highest BCUT2D eigenvalue weighted by Crippen LogP contribution is 2.33. The Morgan fingerprint density at radius 3 is 2.10 bits per heavy atom. The van der Waals surface area contributed by atoms with Crippen molar-refractivity contribution in [1.82, 2.24) is 0 Å². The minimum Gasteiger partial charge on any atom is -0.496 e. The Hall–Kier alpha value is -2.19. The SMILES string of the molecule is COc1cc(OC)cc(Oc2cc(Br)ccc2C#N)c1. The number of nitriles is 1. The zero-order valence-electron chi connectivity index (χ0n) is 11.0. The van der Waals surface area contributed by atoms with Gasteiger partial charge < -0.3 is 14.2 Å². The van der Waals surface area contributed by atoms with Gasteiger partial charge in [0.05, 0.1) is 19.8 Å². The van der Waals surface area contributed by atoms with E-state index in [4.69, 9.17) is 19.5 Å². The average Bonchev–Trinajstić information content (AvgIpc) is 2.47. The lowest BCUT2D eigenvalue weighted by molar-refractivity contribution is 0.386. The molecule has 0 atom stereocenters. The van der Waals surface area contributed by atoms with E-state index in [0.717, 1.165) is 4.47 Å². The first-order valence-electron chi connectivity index (χ1n) is 5.77. The van der Waals surface area contributed by atoms with E-state index in [1.807, 2.05) is 0 Å². The number of rotatable bonds is 4. The van der Waals surface area contributed by atoms with Crippen molar-refractivity contribution in [3.05, 3.63) is 46.4 Å². The van der Waals surface area contributed by atoms with Crippen molar-refractivity contribution < 1.29 is 14.2 Å². The van der Waals surface area contributed by atoms with Gasteiger partial charge in [-0.05, 0) is 18.2 Å². The molecule has 20 heavy (non-hydrogen) atoms. The van der Waals surface area contributed by atoms with Gasteiger partial charge in [0.2, 0.25) is 0 Å². The Labute approximate surface area is 125 Å². The van der Waals surface area contributed by atoms with E-state index >= 15 is 0 Å². The number of hydrogen-bond acceptors (Lipinski definition) is 4. The van der Waals surface area contributed by atoms with Crippen LogP contribution in [0, 0.1) is 11.3 Å². The molecule has 0 radical (unpaired) electrons. The van der Waals surface area contributed by atoms with E-state index in [1.54, 1.807) is 50.6 Å². The van der Waals surface area contributed by atoms with Gasteiger partial charge in [-0.3, -0.25) is 0 Å². The normalized spacial score (nSPS) is 9.70. The van der Waals surface area contributed by atoms with E-state index < -0.39 is 0 Å². The van der Waals surface area contributed by atoms with Crippen LogP contribution in [-0.2, 0) is 0 Å². The molecule has 0 aliphatic heterocycles. The maximum atomic E-state index is 9.09. The lowest BCUT2D eigenvalue weighted by atomic mass is 10.2. The molecule has 0 aromatic heterocycles. The third-order valence-electron chi connectivity index (χ3n) is 2.62. The van der Waals surface area contributed by atoms with Crippen molar-refractivity contribution >= 4 is 15.9 Å². The highest BCUT2D eigenvalue weighted by Gasteiger charge is 2.08. The molecule has 2 aromatic carbocycles. The van der Waals surface area contributed by atoms with Gasteiger partial charge in [0, 0.05) is 22.7 Å². The molecule has 0 aliphatic rings. The summed E-state index contributed by atoms with van der Waals surface area (Å²) in [5, 5.41) is 9.09. The molecule has 4 nitrogen and oxygen atoms in total. The highest BCUT2D eigenvalue weighted by atomic mass is 79.9. The fourth-order valence-electron chi connectivity index (χ4n) is 1.64. The molecule has 0 N–H and O–H groups in total. The summed E-state index contributed by atoms with van der Waals surface area (Å²) in [4.78, 5) is 0. The second-order valence-corrected chi connectivity index (χ2v) is 4.82. The lowest BCUT2D eigenvalue weighted by Gasteiger charge is -2.11. The second-order valence-electron chi connectivity index (χ2n) is 3.90. The summed E-state index contributed by atoms with van der Waals surface area (Å²) in [5.41, 5.74) is 0.454. The Morgan fingerprint density at radius 1 is 0.950 bits per heavy atom. The third kappa shape index (κ3) is 3.22. The van der Waals surface area contributed by atoms with Crippen molar-refractivity contribution in [2.24, 2.45) is 0 Å². The molecule has 102 valence electrons. The number of ether oxygens (including phenoxy) is 3. The van der Waals surface area contributed by atoms with Gasteiger partial charge in [-0.15, -0.1) is 0 Å². The Balaban J connectivity index is 2.39. The van der Waals surface area contributed by atoms with Crippen LogP contribution in [0.1, 0.15) is 5.56 Å². The maximum absolute atomic E-state index is 9.09. The highest BCUT2D eigenvalue weighted by molar-refractivity contribution is 9.10. The molecule has 0 heterocycles. The smallest absolute Gasteiger partial charge is 0.146 e. The van der Waals surface area contributed by atoms with Crippen LogP contribution < -0.4 is 14.2 Å². The Morgan fingerprint density at radius 2 is 1.55 bits per heavy atom. The third-order valence-corrected chi connectivity index (χ3v) is 3.11. The number of benzene rings is 2. The summed E-state index contributed by atoms with van der Waals surface area (Å²) in [5.74, 6) is 2.24. The first-order chi connectivity index (χ1) is 9.66. The molecule has 5 heteroatoms. The summed E-state index contributed by atoms with van der Waals surface area (Å²) in [6.07, 6.45) is 0. The fourth-order valence-corrected chi connectivity index (χ4v) is 1.98. The van der Waals surface area contributed by atoms with Crippen molar-refractivity contribution in [3.8, 4) is 29.1 Å². The van der Waals surface area contributed by atoms with Gasteiger partial charge in [-0.2, -0.15) is 5.26 Å². The standard InChI is InChI=1S/C15H12BrNO3/c1-18-12-6-13(19-2)8-14(7-12)20-15-5-11(16)4-3-10(15)9-17/h3-8H,1-2H3. The first kappa shape index (κ1) is 14.2. The van der Waals surface area contributed by atoms with E-state index in [1.165, 1.54) is 0 Å². The van der Waals surface area contributed by atoms with E-state index in [2.05, 4.69) is 22.0 Å². The van der Waals surface area contributed by atoms with Crippen molar-refractivity contribution in [2.75, 3.05) is 14.2 Å². The molecule has 0 fully saturated rings. The summed E-state index contributed by atoms with van der Waals surface area (Å²) in [6, 6.07) is 12.5. The number of hydrogen-bond donors (Lipinski definition) is 0. The second kappa shape index (κ2) is 6.31. The number of halogens is 1. The molecule has 0 unspecified atom stereocenters. The molecule has 0 bridgehead atoms. The maximum Gasteiger partial charge on any atom is 0.146 e. The van der Waals surface area contributed by atoms with Crippen molar-refractivity contribution in [1.29, 1.82) is 5.26 Å².